The normalized spacial score (nSPS) is 33.3. The molecule has 0 aromatic heterocycles. The molecule has 0 amide bonds. The monoisotopic (exact) mass is 214 g/mol. The highest BCUT2D eigenvalue weighted by Gasteiger charge is 2.43. The number of carboxylic acids is 1. The summed E-state index contributed by atoms with van der Waals surface area (Å²) in [7, 11) is 2.06. The molecule has 3 unspecified atom stereocenters. The zero-order chi connectivity index (χ0) is 11.6. The Morgan fingerprint density at radius 1 is 1.73 bits per heavy atom. The third kappa shape index (κ3) is 2.49. The third-order valence-electron chi connectivity index (χ3n) is 3.81. The van der Waals surface area contributed by atoms with Crippen LogP contribution in [0.15, 0.2) is 0 Å². The largest absolute Gasteiger partial charge is 0.480 e. The minimum absolute atomic E-state index is 0.320. The van der Waals surface area contributed by atoms with Crippen molar-refractivity contribution in [1.82, 2.24) is 4.90 Å². The summed E-state index contributed by atoms with van der Waals surface area (Å²) >= 11 is 0. The summed E-state index contributed by atoms with van der Waals surface area (Å²) in [5, 5.41) is 9.02. The van der Waals surface area contributed by atoms with Gasteiger partial charge < -0.3 is 15.7 Å². The van der Waals surface area contributed by atoms with Crippen molar-refractivity contribution in [3.05, 3.63) is 0 Å². The lowest BCUT2D eigenvalue weighted by Crippen LogP contribution is -2.47. The number of aliphatic carboxylic acids is 1. The Morgan fingerprint density at radius 2 is 2.33 bits per heavy atom. The summed E-state index contributed by atoms with van der Waals surface area (Å²) in [5.74, 6) is -0.859. The van der Waals surface area contributed by atoms with Crippen LogP contribution in [-0.2, 0) is 4.79 Å². The van der Waals surface area contributed by atoms with Gasteiger partial charge in [-0.3, -0.25) is 4.79 Å². The number of nitrogens with two attached hydrogens (primary N) is 1. The molecule has 3 atom stereocenters. The van der Waals surface area contributed by atoms with Gasteiger partial charge in [-0.15, -0.1) is 0 Å². The third-order valence-corrected chi connectivity index (χ3v) is 3.81. The molecule has 15 heavy (non-hydrogen) atoms. The summed E-state index contributed by atoms with van der Waals surface area (Å²) < 4.78 is 0. The molecule has 0 radical (unpaired) electrons. The van der Waals surface area contributed by atoms with E-state index in [9.17, 15) is 4.79 Å². The first-order chi connectivity index (χ1) is 6.90. The number of carboxylic acid groups (broad SMARTS) is 1. The fraction of sp³-hybridized carbons (Fsp3) is 0.909. The maximum Gasteiger partial charge on any atom is 0.323 e. The van der Waals surface area contributed by atoms with Gasteiger partial charge in [0, 0.05) is 12.1 Å². The molecule has 0 heterocycles. The summed E-state index contributed by atoms with van der Waals surface area (Å²) in [4.78, 5) is 13.2. The molecule has 1 aliphatic rings. The lowest BCUT2D eigenvalue weighted by Gasteiger charge is -2.30. The van der Waals surface area contributed by atoms with Gasteiger partial charge in [-0.2, -0.15) is 0 Å². The van der Waals surface area contributed by atoms with Crippen molar-refractivity contribution in [3.8, 4) is 0 Å². The highest BCUT2D eigenvalue weighted by Crippen LogP contribution is 2.31. The lowest BCUT2D eigenvalue weighted by molar-refractivity contribution is -0.143. The second-order valence-corrected chi connectivity index (χ2v) is 4.78. The van der Waals surface area contributed by atoms with Gasteiger partial charge in [0.05, 0.1) is 0 Å². The Balaban J connectivity index is 2.60. The van der Waals surface area contributed by atoms with Crippen LogP contribution in [0.25, 0.3) is 0 Å². The van der Waals surface area contributed by atoms with Crippen LogP contribution in [0.2, 0.25) is 0 Å². The van der Waals surface area contributed by atoms with Crippen molar-refractivity contribution in [3.63, 3.8) is 0 Å². The van der Waals surface area contributed by atoms with E-state index >= 15 is 0 Å². The molecule has 0 saturated heterocycles. The highest BCUT2D eigenvalue weighted by molar-refractivity contribution is 5.79. The summed E-state index contributed by atoms with van der Waals surface area (Å²) in [6, 6.07) is 0.812. The quantitative estimate of drug-likeness (QED) is 0.734. The molecule has 1 rings (SSSR count). The van der Waals surface area contributed by atoms with Crippen molar-refractivity contribution < 1.29 is 9.90 Å². The fourth-order valence-corrected chi connectivity index (χ4v) is 2.24. The predicted molar refractivity (Wildman–Crippen MR) is 59.7 cm³/mol. The van der Waals surface area contributed by atoms with Gasteiger partial charge in [-0.25, -0.2) is 0 Å². The molecule has 0 spiro atoms. The van der Waals surface area contributed by atoms with Gasteiger partial charge in [0.1, 0.15) is 5.54 Å². The van der Waals surface area contributed by atoms with Gasteiger partial charge in [0.2, 0.25) is 0 Å². The summed E-state index contributed by atoms with van der Waals surface area (Å²) in [6.07, 6.45) is 3.14. The van der Waals surface area contributed by atoms with Crippen LogP contribution in [0.3, 0.4) is 0 Å². The number of carbonyl (C=O) groups is 1. The molecule has 1 saturated carbocycles. The van der Waals surface area contributed by atoms with Gasteiger partial charge in [0.25, 0.3) is 0 Å². The van der Waals surface area contributed by atoms with Gasteiger partial charge >= 0.3 is 5.97 Å². The smallest absolute Gasteiger partial charge is 0.323 e. The predicted octanol–water partition coefficient (Wildman–Crippen LogP) is 1.05. The van der Waals surface area contributed by atoms with E-state index in [-0.39, 0.29) is 0 Å². The molecule has 1 fully saturated rings. The molecule has 1 aliphatic carbocycles. The average molecular weight is 214 g/mol. The van der Waals surface area contributed by atoms with Gasteiger partial charge in [-0.05, 0) is 39.7 Å². The molecule has 0 bridgehead atoms. The zero-order valence-corrected chi connectivity index (χ0v) is 9.86. The zero-order valence-electron chi connectivity index (χ0n) is 9.86. The first kappa shape index (κ1) is 12.5. The number of hydrogen-bond acceptors (Lipinski definition) is 3. The van der Waals surface area contributed by atoms with Crippen molar-refractivity contribution in [2.24, 2.45) is 5.73 Å². The van der Waals surface area contributed by atoms with E-state index in [2.05, 4.69) is 25.8 Å². The fourth-order valence-electron chi connectivity index (χ4n) is 2.24. The molecule has 4 heteroatoms. The number of rotatable bonds is 4. The Bertz CT molecular complexity index is 245. The first-order valence-corrected chi connectivity index (χ1v) is 5.65. The van der Waals surface area contributed by atoms with Crippen LogP contribution in [-0.4, -0.2) is 40.6 Å². The van der Waals surface area contributed by atoms with E-state index < -0.39 is 11.5 Å². The molecule has 4 nitrogen and oxygen atoms in total. The molecular weight excluding hydrogens is 192 g/mol. The maximum atomic E-state index is 11.0. The molecule has 0 aromatic carbocycles. The number of hydrogen-bond donors (Lipinski definition) is 2. The second kappa shape index (κ2) is 4.49. The van der Waals surface area contributed by atoms with Gasteiger partial charge in [-0.1, -0.05) is 6.92 Å². The lowest BCUT2D eigenvalue weighted by atomic mass is 9.99. The molecule has 88 valence electrons. The standard InChI is InChI=1S/C11H22N2O2/c1-4-8(2)13(3)9-5-6-11(12,7-9)10(14)15/h8-9H,4-7,12H2,1-3H3,(H,14,15). The Morgan fingerprint density at radius 3 is 2.73 bits per heavy atom. The van der Waals surface area contributed by atoms with Crippen LogP contribution in [0.1, 0.15) is 39.5 Å². The minimum Gasteiger partial charge on any atom is -0.480 e. The average Bonchev–Trinajstić information content (AvgIpc) is 2.60. The van der Waals surface area contributed by atoms with E-state index in [4.69, 9.17) is 10.8 Å². The van der Waals surface area contributed by atoms with Crippen LogP contribution in [0, 0.1) is 0 Å². The van der Waals surface area contributed by atoms with Crippen molar-refractivity contribution in [2.45, 2.75) is 57.2 Å². The topological polar surface area (TPSA) is 66.6 Å². The minimum atomic E-state index is -0.994. The molecular formula is C11H22N2O2. The van der Waals surface area contributed by atoms with E-state index in [1.54, 1.807) is 0 Å². The molecule has 0 aromatic rings. The highest BCUT2D eigenvalue weighted by atomic mass is 16.4. The Kier molecular flexibility index (Phi) is 3.73. The van der Waals surface area contributed by atoms with Crippen LogP contribution >= 0.6 is 0 Å². The summed E-state index contributed by atoms with van der Waals surface area (Å²) in [6.45, 7) is 4.31. The molecule has 0 aliphatic heterocycles. The van der Waals surface area contributed by atoms with E-state index in [0.717, 1.165) is 12.8 Å². The number of nitrogens with zero attached hydrogens (tertiary/aromatic N) is 1. The Labute approximate surface area is 91.4 Å². The first-order valence-electron chi connectivity index (χ1n) is 5.65. The van der Waals surface area contributed by atoms with E-state index in [0.29, 0.717) is 24.9 Å². The van der Waals surface area contributed by atoms with Crippen molar-refractivity contribution in [1.29, 1.82) is 0 Å². The van der Waals surface area contributed by atoms with Crippen LogP contribution < -0.4 is 5.73 Å². The second-order valence-electron chi connectivity index (χ2n) is 4.78. The van der Waals surface area contributed by atoms with E-state index in [1.165, 1.54) is 0 Å². The maximum absolute atomic E-state index is 11.0. The van der Waals surface area contributed by atoms with Crippen molar-refractivity contribution >= 4 is 5.97 Å². The summed E-state index contributed by atoms with van der Waals surface area (Å²) in [5.41, 5.74) is 4.85. The van der Waals surface area contributed by atoms with Crippen molar-refractivity contribution in [2.75, 3.05) is 7.05 Å². The SMILES string of the molecule is CCC(C)N(C)C1CCC(N)(C(=O)O)C1. The van der Waals surface area contributed by atoms with Gasteiger partial charge in [0.15, 0.2) is 0 Å². The van der Waals surface area contributed by atoms with E-state index in [1.807, 2.05) is 0 Å². The van der Waals surface area contributed by atoms with Crippen LogP contribution in [0.5, 0.6) is 0 Å². The van der Waals surface area contributed by atoms with Crippen LogP contribution in [0.4, 0.5) is 0 Å². The Hall–Kier alpha value is -0.610. The molecule has 3 N–H and O–H groups in total.